The van der Waals surface area contributed by atoms with E-state index in [1.54, 1.807) is 22.7 Å². The van der Waals surface area contributed by atoms with Crippen molar-refractivity contribution in [3.8, 4) is 10.6 Å². The van der Waals surface area contributed by atoms with Crippen LogP contribution < -0.4 is 0 Å². The van der Waals surface area contributed by atoms with E-state index >= 15 is 0 Å². The van der Waals surface area contributed by atoms with Crippen LogP contribution in [0.4, 0.5) is 0 Å². The second kappa shape index (κ2) is 4.90. The predicted molar refractivity (Wildman–Crippen MR) is 81.3 cm³/mol. The third-order valence-electron chi connectivity index (χ3n) is 3.30. The molecule has 3 aromatic heterocycles. The fourth-order valence-electron chi connectivity index (χ4n) is 1.98. The van der Waals surface area contributed by atoms with Crippen LogP contribution in [0.2, 0.25) is 0 Å². The van der Waals surface area contributed by atoms with Crippen LogP contribution in [0.25, 0.3) is 20.0 Å². The summed E-state index contributed by atoms with van der Waals surface area (Å²) < 4.78 is 4.41. The quantitative estimate of drug-likeness (QED) is 0.658. The van der Waals surface area contributed by atoms with Crippen LogP contribution in [-0.2, 0) is 0 Å². The van der Waals surface area contributed by atoms with E-state index < -0.39 is 0 Å². The van der Waals surface area contributed by atoms with Crippen molar-refractivity contribution >= 4 is 38.4 Å². The summed E-state index contributed by atoms with van der Waals surface area (Å²) in [7, 11) is 0. The zero-order valence-corrected chi connectivity index (χ0v) is 12.4. The molecule has 0 amide bonds. The van der Waals surface area contributed by atoms with Crippen LogP contribution in [0.5, 0.6) is 0 Å². The van der Waals surface area contributed by atoms with Crippen molar-refractivity contribution in [2.75, 3.05) is 0 Å². The molecular weight excluding hydrogens is 276 g/mol. The first-order chi connectivity index (χ1) is 9.22. The summed E-state index contributed by atoms with van der Waals surface area (Å²) >= 11 is 3.42. The van der Waals surface area contributed by atoms with Gasteiger partial charge in [0.2, 0.25) is 0 Å². The highest BCUT2D eigenvalue weighted by molar-refractivity contribution is 7.28. The molecule has 0 aromatic carbocycles. The number of hydrogen-bond donors (Lipinski definition) is 0. The Morgan fingerprint density at radius 1 is 1.47 bits per heavy atom. The molecule has 0 saturated carbocycles. The van der Waals surface area contributed by atoms with Gasteiger partial charge < -0.3 is 0 Å². The van der Waals surface area contributed by atoms with E-state index in [1.165, 1.54) is 9.40 Å². The van der Waals surface area contributed by atoms with Gasteiger partial charge in [-0.15, -0.1) is 22.7 Å². The van der Waals surface area contributed by atoms with Gasteiger partial charge >= 0.3 is 0 Å². The van der Waals surface area contributed by atoms with Crippen molar-refractivity contribution in [3.05, 3.63) is 29.3 Å². The molecule has 3 nitrogen and oxygen atoms in total. The van der Waals surface area contributed by atoms with Gasteiger partial charge in [0.25, 0.3) is 0 Å². The summed E-state index contributed by atoms with van der Waals surface area (Å²) in [6.45, 7) is 4.23. The Morgan fingerprint density at radius 2 is 2.32 bits per heavy atom. The van der Waals surface area contributed by atoms with Gasteiger partial charge in [0.15, 0.2) is 6.29 Å². The monoisotopic (exact) mass is 290 g/mol. The van der Waals surface area contributed by atoms with Crippen LogP contribution in [-0.4, -0.2) is 16.1 Å². The molecule has 5 heteroatoms. The molecule has 0 N–H and O–H groups in total. The molecule has 0 spiro atoms. The van der Waals surface area contributed by atoms with E-state index in [0.29, 0.717) is 11.6 Å². The summed E-state index contributed by atoms with van der Waals surface area (Å²) in [5.74, 6) is 0. The number of rotatable bonds is 4. The maximum absolute atomic E-state index is 11.2. The normalized spacial score (nSPS) is 12.9. The van der Waals surface area contributed by atoms with Gasteiger partial charge in [0.05, 0.1) is 10.4 Å². The molecule has 3 heterocycles. The Labute approximate surface area is 119 Å². The minimum Gasteiger partial charge on any atom is -0.298 e. The molecule has 0 saturated heterocycles. The smallest absolute Gasteiger partial charge is 0.153 e. The van der Waals surface area contributed by atoms with Gasteiger partial charge in [0.1, 0.15) is 5.69 Å². The van der Waals surface area contributed by atoms with Gasteiger partial charge in [-0.3, -0.25) is 9.48 Å². The van der Waals surface area contributed by atoms with Crippen LogP contribution in [0, 0.1) is 0 Å². The lowest BCUT2D eigenvalue weighted by atomic mass is 10.2. The largest absolute Gasteiger partial charge is 0.298 e. The van der Waals surface area contributed by atoms with Crippen LogP contribution in [0.1, 0.15) is 36.7 Å². The van der Waals surface area contributed by atoms with Crippen LogP contribution in [0.3, 0.4) is 0 Å². The number of aromatic nitrogens is 2. The summed E-state index contributed by atoms with van der Waals surface area (Å²) in [6.07, 6.45) is 3.75. The first-order valence-corrected chi connectivity index (χ1v) is 7.94. The first kappa shape index (κ1) is 12.6. The second-order valence-corrected chi connectivity index (χ2v) is 6.58. The Bertz CT molecular complexity index is 694. The molecular formula is C14H14N2OS2. The molecule has 0 aliphatic rings. The molecule has 1 unspecified atom stereocenters. The maximum atomic E-state index is 11.2. The molecule has 0 fully saturated rings. The predicted octanol–water partition coefficient (Wildman–Crippen LogP) is 4.61. The lowest BCUT2D eigenvalue weighted by Crippen LogP contribution is -2.03. The molecule has 98 valence electrons. The average molecular weight is 290 g/mol. The van der Waals surface area contributed by atoms with Crippen molar-refractivity contribution in [2.45, 2.75) is 26.3 Å². The zero-order chi connectivity index (χ0) is 13.4. The summed E-state index contributed by atoms with van der Waals surface area (Å²) in [6, 6.07) is 4.55. The van der Waals surface area contributed by atoms with E-state index in [0.717, 1.165) is 23.3 Å². The molecule has 0 radical (unpaired) electrons. The highest BCUT2D eigenvalue weighted by Crippen LogP contribution is 2.36. The zero-order valence-electron chi connectivity index (χ0n) is 10.8. The minimum atomic E-state index is 0.313. The number of nitrogens with zero attached hydrogens (tertiary/aromatic N) is 2. The maximum Gasteiger partial charge on any atom is 0.153 e. The lowest BCUT2D eigenvalue weighted by molar-refractivity contribution is 0.112. The fraction of sp³-hybridized carbons (Fsp3) is 0.286. The van der Waals surface area contributed by atoms with Gasteiger partial charge in [-0.25, -0.2) is 0 Å². The number of carbonyl (C=O) groups is 1. The Hall–Kier alpha value is -1.46. The van der Waals surface area contributed by atoms with E-state index in [4.69, 9.17) is 0 Å². The highest BCUT2D eigenvalue weighted by Gasteiger charge is 2.15. The van der Waals surface area contributed by atoms with Crippen molar-refractivity contribution in [2.24, 2.45) is 0 Å². The van der Waals surface area contributed by atoms with Gasteiger partial charge in [-0.1, -0.05) is 6.92 Å². The van der Waals surface area contributed by atoms with E-state index in [-0.39, 0.29) is 0 Å². The van der Waals surface area contributed by atoms with Crippen molar-refractivity contribution in [3.63, 3.8) is 0 Å². The lowest BCUT2D eigenvalue weighted by Gasteiger charge is -2.07. The number of aldehydes is 1. The molecule has 1 atom stereocenters. The molecule has 3 rings (SSSR count). The van der Waals surface area contributed by atoms with Gasteiger partial charge in [0, 0.05) is 21.6 Å². The van der Waals surface area contributed by atoms with Crippen molar-refractivity contribution in [1.29, 1.82) is 0 Å². The number of hydrogen-bond acceptors (Lipinski definition) is 4. The first-order valence-electron chi connectivity index (χ1n) is 6.24. The topological polar surface area (TPSA) is 34.9 Å². The van der Waals surface area contributed by atoms with Crippen molar-refractivity contribution < 1.29 is 4.79 Å². The van der Waals surface area contributed by atoms with Gasteiger partial charge in [-0.2, -0.15) is 5.10 Å². The van der Waals surface area contributed by atoms with E-state index in [2.05, 4.69) is 36.5 Å². The number of thiophene rings is 2. The summed E-state index contributed by atoms with van der Waals surface area (Å²) in [5, 5.41) is 6.68. The van der Waals surface area contributed by atoms with Crippen molar-refractivity contribution in [1.82, 2.24) is 9.78 Å². The molecule has 0 bridgehead atoms. The average Bonchev–Trinajstić information content (AvgIpc) is 3.09. The van der Waals surface area contributed by atoms with E-state index in [1.807, 2.05) is 10.9 Å². The SMILES string of the molecule is CCC(C)n1cc(C=O)c(-c2cc3sccc3s2)n1. The Morgan fingerprint density at radius 3 is 3.00 bits per heavy atom. The Kier molecular flexibility index (Phi) is 3.24. The third-order valence-corrected chi connectivity index (χ3v) is 5.40. The second-order valence-electron chi connectivity index (χ2n) is 4.55. The molecule has 3 aromatic rings. The third kappa shape index (κ3) is 2.13. The molecule has 0 aliphatic carbocycles. The summed E-state index contributed by atoms with van der Waals surface area (Å²) in [4.78, 5) is 12.3. The standard InChI is InChI=1S/C14H14N2OS2/c1-3-9(2)16-7-10(8-17)14(15-16)13-6-12-11(19-13)4-5-18-12/h4-9H,3H2,1-2H3. The molecule has 19 heavy (non-hydrogen) atoms. The molecule has 0 aliphatic heterocycles. The summed E-state index contributed by atoms with van der Waals surface area (Å²) in [5.41, 5.74) is 1.48. The van der Waals surface area contributed by atoms with Gasteiger partial charge in [-0.05, 0) is 30.9 Å². The van der Waals surface area contributed by atoms with E-state index in [9.17, 15) is 4.79 Å². The fourth-order valence-corrected chi connectivity index (χ4v) is 4.09. The number of fused-ring (bicyclic) bond motifs is 1. The highest BCUT2D eigenvalue weighted by atomic mass is 32.1. The van der Waals surface area contributed by atoms with Crippen LogP contribution >= 0.6 is 22.7 Å². The number of carbonyl (C=O) groups excluding carboxylic acids is 1. The minimum absolute atomic E-state index is 0.313. The Balaban J connectivity index is 2.10. The van der Waals surface area contributed by atoms with Crippen LogP contribution in [0.15, 0.2) is 23.7 Å².